The van der Waals surface area contributed by atoms with E-state index in [0.29, 0.717) is 24.8 Å². The SMILES string of the molecule is CN(C)c1noc(CC2CS(=O)(=O)CCN2)n1. The van der Waals surface area contributed by atoms with Crippen LogP contribution in [0, 0.1) is 0 Å². The van der Waals surface area contributed by atoms with Crippen LogP contribution in [0.25, 0.3) is 0 Å². The molecule has 1 saturated heterocycles. The summed E-state index contributed by atoms with van der Waals surface area (Å²) in [5, 5.41) is 6.92. The van der Waals surface area contributed by atoms with E-state index >= 15 is 0 Å². The average Bonchev–Trinajstić information content (AvgIpc) is 2.64. The topological polar surface area (TPSA) is 88.3 Å². The van der Waals surface area contributed by atoms with Gasteiger partial charge < -0.3 is 14.7 Å². The molecule has 0 bridgehead atoms. The van der Waals surface area contributed by atoms with Gasteiger partial charge in [-0.05, 0) is 5.16 Å². The van der Waals surface area contributed by atoms with Gasteiger partial charge >= 0.3 is 0 Å². The van der Waals surface area contributed by atoms with Crippen molar-refractivity contribution in [1.82, 2.24) is 15.5 Å². The van der Waals surface area contributed by atoms with Gasteiger partial charge in [-0.15, -0.1) is 0 Å². The van der Waals surface area contributed by atoms with E-state index in [0.717, 1.165) is 0 Å². The molecule has 1 aliphatic rings. The van der Waals surface area contributed by atoms with E-state index in [1.165, 1.54) is 0 Å². The van der Waals surface area contributed by atoms with E-state index in [-0.39, 0.29) is 17.5 Å². The van der Waals surface area contributed by atoms with Crippen molar-refractivity contribution in [3.05, 3.63) is 5.89 Å². The molecule has 1 unspecified atom stereocenters. The summed E-state index contributed by atoms with van der Waals surface area (Å²) in [6.45, 7) is 0.488. The maximum atomic E-state index is 11.4. The van der Waals surface area contributed by atoms with Gasteiger partial charge in [-0.1, -0.05) is 0 Å². The molecular weight excluding hydrogens is 244 g/mol. The van der Waals surface area contributed by atoms with Gasteiger partial charge in [0.25, 0.3) is 5.95 Å². The molecule has 7 nitrogen and oxygen atoms in total. The molecule has 1 N–H and O–H groups in total. The molecular formula is C9H16N4O3S. The van der Waals surface area contributed by atoms with Crippen LogP contribution in [-0.2, 0) is 16.3 Å². The van der Waals surface area contributed by atoms with Crippen molar-refractivity contribution in [1.29, 1.82) is 0 Å². The number of hydrogen-bond acceptors (Lipinski definition) is 7. The molecule has 1 aromatic rings. The maximum Gasteiger partial charge on any atom is 0.265 e. The summed E-state index contributed by atoms with van der Waals surface area (Å²) >= 11 is 0. The van der Waals surface area contributed by atoms with Crippen molar-refractivity contribution in [2.45, 2.75) is 12.5 Å². The molecule has 1 atom stereocenters. The van der Waals surface area contributed by atoms with Gasteiger partial charge in [0, 0.05) is 33.1 Å². The number of anilines is 1. The molecule has 1 fully saturated rings. The lowest BCUT2D eigenvalue weighted by molar-refractivity contribution is 0.361. The summed E-state index contributed by atoms with van der Waals surface area (Å²) in [6, 6.07) is -0.135. The Labute approximate surface area is 100 Å². The highest BCUT2D eigenvalue weighted by atomic mass is 32.2. The lowest BCUT2D eigenvalue weighted by atomic mass is 10.2. The molecule has 8 heteroatoms. The standard InChI is InChI=1S/C9H16N4O3S/c1-13(2)9-11-8(16-12-9)5-7-6-17(14,15)4-3-10-7/h7,10H,3-6H2,1-2H3. The molecule has 0 saturated carbocycles. The fourth-order valence-electron chi connectivity index (χ4n) is 1.72. The van der Waals surface area contributed by atoms with Gasteiger partial charge in [-0.25, -0.2) is 8.42 Å². The number of nitrogens with one attached hydrogen (secondary N) is 1. The maximum absolute atomic E-state index is 11.4. The first-order valence-electron chi connectivity index (χ1n) is 5.40. The number of hydrogen-bond donors (Lipinski definition) is 1. The Hall–Kier alpha value is -1.15. The predicted molar refractivity (Wildman–Crippen MR) is 62.8 cm³/mol. The summed E-state index contributed by atoms with van der Waals surface area (Å²) in [5.74, 6) is 1.30. The van der Waals surface area contributed by atoms with E-state index < -0.39 is 9.84 Å². The third-order valence-electron chi connectivity index (χ3n) is 2.58. The summed E-state index contributed by atoms with van der Waals surface area (Å²) < 4.78 is 28.0. The third kappa shape index (κ3) is 3.16. The van der Waals surface area contributed by atoms with Crippen LogP contribution in [0.1, 0.15) is 5.89 Å². The Morgan fingerprint density at radius 2 is 2.29 bits per heavy atom. The van der Waals surface area contributed by atoms with Crippen LogP contribution in [0.3, 0.4) is 0 Å². The van der Waals surface area contributed by atoms with Crippen LogP contribution in [0.15, 0.2) is 4.52 Å². The van der Waals surface area contributed by atoms with Gasteiger partial charge in [0.2, 0.25) is 5.89 Å². The molecule has 0 aliphatic carbocycles. The van der Waals surface area contributed by atoms with Gasteiger partial charge in [0.1, 0.15) is 0 Å². The summed E-state index contributed by atoms with van der Waals surface area (Å²) in [4.78, 5) is 5.90. The number of aromatic nitrogens is 2. The highest BCUT2D eigenvalue weighted by Gasteiger charge is 2.26. The first-order valence-corrected chi connectivity index (χ1v) is 7.22. The second kappa shape index (κ2) is 4.61. The number of rotatable bonds is 3. The Kier molecular flexibility index (Phi) is 3.34. The molecule has 1 aromatic heterocycles. The zero-order valence-electron chi connectivity index (χ0n) is 9.88. The zero-order chi connectivity index (χ0) is 12.5. The molecule has 1 aliphatic heterocycles. The molecule has 0 amide bonds. The molecule has 17 heavy (non-hydrogen) atoms. The van der Waals surface area contributed by atoms with E-state index in [1.807, 2.05) is 14.1 Å². The largest absolute Gasteiger partial charge is 0.344 e. The Morgan fingerprint density at radius 3 is 2.88 bits per heavy atom. The lowest BCUT2D eigenvalue weighted by Gasteiger charge is -2.21. The lowest BCUT2D eigenvalue weighted by Crippen LogP contribution is -2.46. The van der Waals surface area contributed by atoms with Gasteiger partial charge in [-0.3, -0.25) is 0 Å². The normalized spacial score (nSPS) is 23.5. The minimum atomic E-state index is -2.92. The predicted octanol–water partition coefficient (Wildman–Crippen LogP) is -0.935. The monoisotopic (exact) mass is 260 g/mol. The van der Waals surface area contributed by atoms with Crippen LogP contribution in [-0.4, -0.2) is 56.7 Å². The first kappa shape index (κ1) is 12.3. The Balaban J connectivity index is 2.00. The van der Waals surface area contributed by atoms with E-state index in [4.69, 9.17) is 4.52 Å². The molecule has 2 heterocycles. The van der Waals surface area contributed by atoms with Crippen LogP contribution in [0.5, 0.6) is 0 Å². The third-order valence-corrected chi connectivity index (χ3v) is 4.32. The van der Waals surface area contributed by atoms with Crippen LogP contribution >= 0.6 is 0 Å². The molecule has 0 aromatic carbocycles. The second-order valence-electron chi connectivity index (χ2n) is 4.35. The summed E-state index contributed by atoms with van der Waals surface area (Å²) in [6.07, 6.45) is 0.445. The van der Waals surface area contributed by atoms with Crippen molar-refractivity contribution < 1.29 is 12.9 Å². The molecule has 2 rings (SSSR count). The van der Waals surface area contributed by atoms with Crippen molar-refractivity contribution in [2.24, 2.45) is 0 Å². The summed E-state index contributed by atoms with van der Waals surface area (Å²) in [5.41, 5.74) is 0. The van der Waals surface area contributed by atoms with E-state index in [2.05, 4.69) is 15.5 Å². The molecule has 96 valence electrons. The summed E-state index contributed by atoms with van der Waals surface area (Å²) in [7, 11) is 0.711. The minimum Gasteiger partial charge on any atom is -0.344 e. The van der Waals surface area contributed by atoms with Gasteiger partial charge in [0.05, 0.1) is 11.5 Å². The highest BCUT2D eigenvalue weighted by molar-refractivity contribution is 7.91. The van der Waals surface area contributed by atoms with Crippen LogP contribution < -0.4 is 10.2 Å². The average molecular weight is 260 g/mol. The fourth-order valence-corrected chi connectivity index (χ4v) is 3.16. The van der Waals surface area contributed by atoms with Crippen molar-refractivity contribution >= 4 is 15.8 Å². The van der Waals surface area contributed by atoms with E-state index in [1.54, 1.807) is 4.90 Å². The van der Waals surface area contributed by atoms with Crippen molar-refractivity contribution in [2.75, 3.05) is 37.0 Å². The van der Waals surface area contributed by atoms with E-state index in [9.17, 15) is 8.42 Å². The van der Waals surface area contributed by atoms with Crippen LogP contribution in [0.4, 0.5) is 5.95 Å². The van der Waals surface area contributed by atoms with Crippen molar-refractivity contribution in [3.63, 3.8) is 0 Å². The molecule has 0 spiro atoms. The number of nitrogens with zero attached hydrogens (tertiary/aromatic N) is 3. The van der Waals surface area contributed by atoms with Gasteiger partial charge in [-0.2, -0.15) is 4.98 Å². The highest BCUT2D eigenvalue weighted by Crippen LogP contribution is 2.10. The Bertz CT molecular complexity index is 482. The Morgan fingerprint density at radius 1 is 1.53 bits per heavy atom. The minimum absolute atomic E-state index is 0.132. The van der Waals surface area contributed by atoms with Crippen LogP contribution in [0.2, 0.25) is 0 Å². The zero-order valence-corrected chi connectivity index (χ0v) is 10.7. The fraction of sp³-hybridized carbons (Fsp3) is 0.778. The number of sulfone groups is 1. The second-order valence-corrected chi connectivity index (χ2v) is 6.58. The first-order chi connectivity index (χ1) is 7.96. The molecule has 0 radical (unpaired) electrons. The smallest absolute Gasteiger partial charge is 0.265 e. The van der Waals surface area contributed by atoms with Gasteiger partial charge in [0.15, 0.2) is 9.84 Å². The quantitative estimate of drug-likeness (QED) is 0.750. The van der Waals surface area contributed by atoms with Crippen molar-refractivity contribution in [3.8, 4) is 0 Å².